The summed E-state index contributed by atoms with van der Waals surface area (Å²) in [6, 6.07) is 2.55. The Morgan fingerprint density at radius 1 is 1.07 bits per heavy atom. The molecular formula is C10H6Cl2F3. The van der Waals surface area contributed by atoms with Gasteiger partial charge in [0.2, 0.25) is 0 Å². The van der Waals surface area contributed by atoms with Gasteiger partial charge in [-0.25, -0.2) is 0 Å². The van der Waals surface area contributed by atoms with Gasteiger partial charge in [0.15, 0.2) is 0 Å². The minimum atomic E-state index is -4.45. The Kier molecular flexibility index (Phi) is 2.63. The quantitative estimate of drug-likeness (QED) is 0.679. The van der Waals surface area contributed by atoms with E-state index in [0.717, 1.165) is 24.8 Å². The third kappa shape index (κ3) is 2.23. The molecular weight excluding hydrogens is 248 g/mol. The van der Waals surface area contributed by atoms with E-state index >= 15 is 0 Å². The first-order valence-electron chi connectivity index (χ1n) is 4.31. The van der Waals surface area contributed by atoms with E-state index < -0.39 is 16.8 Å². The van der Waals surface area contributed by atoms with Crippen LogP contribution in [0.5, 0.6) is 0 Å². The van der Waals surface area contributed by atoms with Crippen molar-refractivity contribution in [3.05, 3.63) is 39.2 Å². The predicted octanol–water partition coefficient (Wildman–Crippen LogP) is 4.73. The van der Waals surface area contributed by atoms with Gasteiger partial charge >= 0.3 is 6.18 Å². The van der Waals surface area contributed by atoms with Crippen LogP contribution in [-0.2, 0) is 6.18 Å². The lowest BCUT2D eigenvalue weighted by Crippen LogP contribution is -2.07. The van der Waals surface area contributed by atoms with E-state index in [1.165, 1.54) is 6.07 Å². The molecule has 1 radical (unpaired) electrons. The molecule has 81 valence electrons. The van der Waals surface area contributed by atoms with Crippen molar-refractivity contribution in [3.63, 3.8) is 0 Å². The molecule has 0 spiro atoms. The highest BCUT2D eigenvalue weighted by atomic mass is 35.5. The molecule has 0 nitrogen and oxygen atoms in total. The fraction of sp³-hybridized carbons (Fsp3) is 0.300. The zero-order valence-corrected chi connectivity index (χ0v) is 8.97. The van der Waals surface area contributed by atoms with E-state index in [0.29, 0.717) is 5.56 Å². The second-order valence-corrected chi connectivity index (χ2v) is 4.21. The minimum absolute atomic E-state index is 0.0408. The minimum Gasteiger partial charge on any atom is -0.166 e. The summed E-state index contributed by atoms with van der Waals surface area (Å²) in [5.41, 5.74) is -0.303. The second kappa shape index (κ2) is 3.56. The maximum atomic E-state index is 12.5. The van der Waals surface area contributed by atoms with Gasteiger partial charge in [0, 0.05) is 5.92 Å². The lowest BCUT2D eigenvalue weighted by Gasteiger charge is -2.11. The highest BCUT2D eigenvalue weighted by Crippen LogP contribution is 2.45. The molecule has 2 rings (SSSR count). The Morgan fingerprint density at radius 2 is 1.67 bits per heavy atom. The zero-order valence-electron chi connectivity index (χ0n) is 7.46. The van der Waals surface area contributed by atoms with Crippen LogP contribution >= 0.6 is 23.2 Å². The number of halogens is 5. The third-order valence-electron chi connectivity index (χ3n) is 2.24. The Bertz CT molecular complexity index is 394. The molecule has 15 heavy (non-hydrogen) atoms. The summed E-state index contributed by atoms with van der Waals surface area (Å²) in [5, 5.41) is -0.463. The summed E-state index contributed by atoms with van der Waals surface area (Å²) in [5.74, 6) is 0.999. The number of hydrogen-bond donors (Lipinski definition) is 0. The lowest BCUT2D eigenvalue weighted by atomic mass is 10.1. The number of benzene rings is 1. The van der Waals surface area contributed by atoms with Crippen molar-refractivity contribution in [1.29, 1.82) is 0 Å². The SMILES string of the molecule is FC(F)(F)c1cc([C]2CC2)cc(Cl)c1Cl. The second-order valence-electron chi connectivity index (χ2n) is 3.42. The van der Waals surface area contributed by atoms with Crippen molar-refractivity contribution in [2.45, 2.75) is 19.0 Å². The van der Waals surface area contributed by atoms with Gasteiger partial charge in [-0.05, 0) is 30.5 Å². The molecule has 0 atom stereocenters. The van der Waals surface area contributed by atoms with Crippen molar-refractivity contribution in [1.82, 2.24) is 0 Å². The maximum Gasteiger partial charge on any atom is 0.417 e. The monoisotopic (exact) mass is 253 g/mol. The van der Waals surface area contributed by atoms with Gasteiger partial charge in [-0.3, -0.25) is 0 Å². The van der Waals surface area contributed by atoms with Crippen LogP contribution in [0.3, 0.4) is 0 Å². The standard InChI is InChI=1S/C10H6Cl2F3/c11-8-4-6(5-1-2-5)3-7(9(8)12)10(13,14)15/h3-4H,1-2H2. The van der Waals surface area contributed by atoms with Crippen LogP contribution in [0.4, 0.5) is 13.2 Å². The molecule has 0 amide bonds. The molecule has 5 heteroatoms. The highest BCUT2D eigenvalue weighted by molar-refractivity contribution is 6.42. The number of rotatable bonds is 1. The lowest BCUT2D eigenvalue weighted by molar-refractivity contribution is -0.137. The van der Waals surface area contributed by atoms with Crippen molar-refractivity contribution >= 4 is 23.2 Å². The molecule has 1 aliphatic carbocycles. The average molecular weight is 254 g/mol. The summed E-state index contributed by atoms with van der Waals surface area (Å²) >= 11 is 11.2. The van der Waals surface area contributed by atoms with E-state index in [-0.39, 0.29) is 5.02 Å². The van der Waals surface area contributed by atoms with Crippen LogP contribution in [0, 0.1) is 5.92 Å². The first-order chi connectivity index (χ1) is 6.89. The summed E-state index contributed by atoms with van der Waals surface area (Å²) in [6.45, 7) is 0. The van der Waals surface area contributed by atoms with E-state index in [4.69, 9.17) is 23.2 Å². The van der Waals surface area contributed by atoms with Gasteiger partial charge in [0.25, 0.3) is 0 Å². The van der Waals surface area contributed by atoms with Crippen LogP contribution in [0.25, 0.3) is 0 Å². The highest BCUT2D eigenvalue weighted by Gasteiger charge is 2.36. The molecule has 0 N–H and O–H groups in total. The van der Waals surface area contributed by atoms with Gasteiger partial charge in [-0.15, -0.1) is 0 Å². The van der Waals surface area contributed by atoms with Gasteiger partial charge in [-0.1, -0.05) is 23.2 Å². The average Bonchev–Trinajstić information content (AvgIpc) is 2.90. The Hall–Kier alpha value is -0.410. The fourth-order valence-electron chi connectivity index (χ4n) is 1.35. The Balaban J connectivity index is 2.52. The van der Waals surface area contributed by atoms with Crippen molar-refractivity contribution in [2.75, 3.05) is 0 Å². The van der Waals surface area contributed by atoms with Crippen LogP contribution in [0.1, 0.15) is 24.0 Å². The summed E-state index contributed by atoms with van der Waals surface area (Å²) < 4.78 is 37.6. The Morgan fingerprint density at radius 3 is 2.13 bits per heavy atom. The first kappa shape index (κ1) is 11.1. The first-order valence-corrected chi connectivity index (χ1v) is 5.06. The normalized spacial score (nSPS) is 16.9. The van der Waals surface area contributed by atoms with Crippen molar-refractivity contribution < 1.29 is 13.2 Å². The van der Waals surface area contributed by atoms with E-state index in [1.807, 2.05) is 0 Å². The van der Waals surface area contributed by atoms with Gasteiger partial charge in [0.1, 0.15) is 0 Å². The summed E-state index contributed by atoms with van der Waals surface area (Å²) in [6.07, 6.45) is -2.77. The Labute approximate surface area is 95.0 Å². The molecule has 1 fully saturated rings. The zero-order chi connectivity index (χ0) is 11.2. The topological polar surface area (TPSA) is 0 Å². The summed E-state index contributed by atoms with van der Waals surface area (Å²) in [4.78, 5) is 0. The molecule has 0 bridgehead atoms. The van der Waals surface area contributed by atoms with Crippen LogP contribution in [0.15, 0.2) is 12.1 Å². The molecule has 1 aromatic carbocycles. The summed E-state index contributed by atoms with van der Waals surface area (Å²) in [7, 11) is 0. The molecule has 0 aromatic heterocycles. The van der Waals surface area contributed by atoms with Gasteiger partial charge < -0.3 is 0 Å². The van der Waals surface area contributed by atoms with Gasteiger partial charge in [0.05, 0.1) is 15.6 Å². The third-order valence-corrected chi connectivity index (χ3v) is 3.04. The van der Waals surface area contributed by atoms with Crippen LogP contribution in [-0.4, -0.2) is 0 Å². The smallest absolute Gasteiger partial charge is 0.166 e. The maximum absolute atomic E-state index is 12.5. The number of hydrogen-bond acceptors (Lipinski definition) is 0. The van der Waals surface area contributed by atoms with E-state index in [2.05, 4.69) is 0 Å². The van der Waals surface area contributed by atoms with Crippen molar-refractivity contribution in [2.24, 2.45) is 0 Å². The van der Waals surface area contributed by atoms with E-state index in [1.54, 1.807) is 0 Å². The van der Waals surface area contributed by atoms with Crippen molar-refractivity contribution in [3.8, 4) is 0 Å². The van der Waals surface area contributed by atoms with Crippen LogP contribution in [0.2, 0.25) is 10.0 Å². The van der Waals surface area contributed by atoms with Crippen LogP contribution < -0.4 is 0 Å². The number of alkyl halides is 3. The molecule has 0 heterocycles. The van der Waals surface area contributed by atoms with E-state index in [9.17, 15) is 13.2 Å². The molecule has 0 unspecified atom stereocenters. The predicted molar refractivity (Wildman–Crippen MR) is 53.0 cm³/mol. The molecule has 0 aliphatic heterocycles. The fourth-order valence-corrected chi connectivity index (χ4v) is 1.79. The largest absolute Gasteiger partial charge is 0.417 e. The molecule has 1 aliphatic rings. The molecule has 0 saturated heterocycles. The molecule has 1 aromatic rings. The van der Waals surface area contributed by atoms with Gasteiger partial charge in [-0.2, -0.15) is 13.2 Å². The molecule has 1 saturated carbocycles.